The van der Waals surface area contributed by atoms with E-state index in [-0.39, 0.29) is 6.61 Å². The van der Waals surface area contributed by atoms with Crippen molar-refractivity contribution in [3.8, 4) is 5.75 Å². The topological polar surface area (TPSA) is 67.8 Å². The Morgan fingerprint density at radius 2 is 2.18 bits per heavy atom. The number of nitrogens with one attached hydrogen (secondary N) is 1. The van der Waals surface area contributed by atoms with Crippen molar-refractivity contribution < 1.29 is 19.4 Å². The number of benzene rings is 1. The van der Waals surface area contributed by atoms with E-state index in [0.717, 1.165) is 5.56 Å². The first kappa shape index (κ1) is 13.3. The summed E-state index contributed by atoms with van der Waals surface area (Å²) in [6.45, 7) is 2.02. The molecule has 1 aromatic carbocycles. The molecule has 0 saturated carbocycles. The molecule has 0 bridgehead atoms. The monoisotopic (exact) mass is 239 g/mol. The van der Waals surface area contributed by atoms with Crippen molar-refractivity contribution in [2.75, 3.05) is 26.1 Å². The minimum Gasteiger partial charge on any atom is -0.495 e. The fourth-order valence-electron chi connectivity index (χ4n) is 1.46. The normalized spacial score (nSPS) is 11.9. The van der Waals surface area contributed by atoms with Crippen LogP contribution in [-0.2, 0) is 9.53 Å². The lowest BCUT2D eigenvalue weighted by Crippen LogP contribution is -2.33. The Balaban J connectivity index is 2.91. The molecule has 0 saturated heterocycles. The van der Waals surface area contributed by atoms with Crippen LogP contribution in [0.1, 0.15) is 5.56 Å². The van der Waals surface area contributed by atoms with Gasteiger partial charge in [0.25, 0.3) is 0 Å². The van der Waals surface area contributed by atoms with Gasteiger partial charge in [0, 0.05) is 7.11 Å². The van der Waals surface area contributed by atoms with Gasteiger partial charge in [0.15, 0.2) is 0 Å². The van der Waals surface area contributed by atoms with Gasteiger partial charge in [-0.25, -0.2) is 4.79 Å². The van der Waals surface area contributed by atoms with Crippen molar-refractivity contribution >= 4 is 11.7 Å². The lowest BCUT2D eigenvalue weighted by molar-refractivity contribution is -0.139. The third-order valence-corrected chi connectivity index (χ3v) is 2.32. The van der Waals surface area contributed by atoms with Gasteiger partial charge in [-0.2, -0.15) is 0 Å². The molecular weight excluding hydrogens is 222 g/mol. The minimum atomic E-state index is -0.963. The first-order valence-corrected chi connectivity index (χ1v) is 5.21. The van der Waals surface area contributed by atoms with Gasteiger partial charge in [-0.1, -0.05) is 6.07 Å². The number of ether oxygens (including phenoxy) is 2. The summed E-state index contributed by atoms with van der Waals surface area (Å²) >= 11 is 0. The molecule has 1 atom stereocenters. The zero-order valence-corrected chi connectivity index (χ0v) is 10.2. The molecular formula is C12H17NO4. The number of hydrogen-bond donors (Lipinski definition) is 2. The fraction of sp³-hybridized carbons (Fsp3) is 0.417. The Morgan fingerprint density at radius 3 is 2.71 bits per heavy atom. The highest BCUT2D eigenvalue weighted by Gasteiger charge is 2.18. The molecule has 17 heavy (non-hydrogen) atoms. The third kappa shape index (κ3) is 3.64. The van der Waals surface area contributed by atoms with Gasteiger partial charge in [-0.05, 0) is 24.6 Å². The SMILES string of the molecule is COCC(Nc1cc(C)ccc1OC)C(=O)O. The highest BCUT2D eigenvalue weighted by atomic mass is 16.5. The average molecular weight is 239 g/mol. The van der Waals surface area contributed by atoms with E-state index >= 15 is 0 Å². The van der Waals surface area contributed by atoms with Gasteiger partial charge >= 0.3 is 5.97 Å². The van der Waals surface area contributed by atoms with E-state index in [2.05, 4.69) is 5.32 Å². The number of hydrogen-bond acceptors (Lipinski definition) is 4. The van der Waals surface area contributed by atoms with Gasteiger partial charge in [-0.3, -0.25) is 0 Å². The molecule has 1 aromatic rings. The zero-order valence-electron chi connectivity index (χ0n) is 10.2. The highest BCUT2D eigenvalue weighted by molar-refractivity contribution is 5.78. The largest absolute Gasteiger partial charge is 0.495 e. The van der Waals surface area contributed by atoms with Crippen LogP contribution < -0.4 is 10.1 Å². The molecule has 94 valence electrons. The van der Waals surface area contributed by atoms with Crippen molar-refractivity contribution in [2.45, 2.75) is 13.0 Å². The summed E-state index contributed by atoms with van der Waals surface area (Å²) in [6, 6.07) is 4.74. The molecule has 5 nitrogen and oxygen atoms in total. The number of aryl methyl sites for hydroxylation is 1. The van der Waals surface area contributed by atoms with Gasteiger partial charge in [0.2, 0.25) is 0 Å². The van der Waals surface area contributed by atoms with Crippen molar-refractivity contribution in [3.63, 3.8) is 0 Å². The fourth-order valence-corrected chi connectivity index (χ4v) is 1.46. The van der Waals surface area contributed by atoms with E-state index in [9.17, 15) is 4.79 Å². The van der Waals surface area contributed by atoms with Gasteiger partial charge in [0.05, 0.1) is 19.4 Å². The van der Waals surface area contributed by atoms with Crippen LogP contribution in [0.15, 0.2) is 18.2 Å². The van der Waals surface area contributed by atoms with Crippen LogP contribution in [-0.4, -0.2) is 37.9 Å². The van der Waals surface area contributed by atoms with E-state index < -0.39 is 12.0 Å². The quantitative estimate of drug-likeness (QED) is 0.787. The van der Waals surface area contributed by atoms with Crippen LogP contribution >= 0.6 is 0 Å². The molecule has 0 amide bonds. The number of methoxy groups -OCH3 is 2. The molecule has 2 N–H and O–H groups in total. The summed E-state index contributed by atoms with van der Waals surface area (Å²) in [7, 11) is 3.01. The maximum absolute atomic E-state index is 11.0. The van der Waals surface area contributed by atoms with Crippen LogP contribution in [0.5, 0.6) is 5.75 Å². The van der Waals surface area contributed by atoms with E-state index in [1.54, 1.807) is 13.2 Å². The van der Waals surface area contributed by atoms with Crippen LogP contribution in [0.25, 0.3) is 0 Å². The van der Waals surface area contributed by atoms with Crippen LogP contribution in [0, 0.1) is 6.92 Å². The van der Waals surface area contributed by atoms with Crippen molar-refractivity contribution in [2.24, 2.45) is 0 Å². The number of carbonyl (C=O) groups is 1. The van der Waals surface area contributed by atoms with Gasteiger partial charge in [-0.15, -0.1) is 0 Å². The molecule has 0 radical (unpaired) electrons. The number of anilines is 1. The second kappa shape index (κ2) is 6.10. The predicted octanol–water partition coefficient (Wildman–Crippen LogP) is 1.52. The van der Waals surface area contributed by atoms with E-state index in [0.29, 0.717) is 11.4 Å². The predicted molar refractivity (Wildman–Crippen MR) is 64.7 cm³/mol. The third-order valence-electron chi connectivity index (χ3n) is 2.32. The Kier molecular flexibility index (Phi) is 4.78. The molecule has 0 spiro atoms. The second-order valence-electron chi connectivity index (χ2n) is 3.69. The average Bonchev–Trinajstić information content (AvgIpc) is 2.28. The summed E-state index contributed by atoms with van der Waals surface area (Å²) < 4.78 is 10.0. The lowest BCUT2D eigenvalue weighted by atomic mass is 10.2. The lowest BCUT2D eigenvalue weighted by Gasteiger charge is -2.17. The molecule has 0 aliphatic rings. The summed E-state index contributed by atoms with van der Waals surface area (Å²) in [5.41, 5.74) is 1.67. The first-order valence-electron chi connectivity index (χ1n) is 5.21. The second-order valence-corrected chi connectivity index (χ2v) is 3.69. The molecule has 5 heteroatoms. The maximum Gasteiger partial charge on any atom is 0.328 e. The number of rotatable bonds is 6. The van der Waals surface area contributed by atoms with E-state index in [1.807, 2.05) is 19.1 Å². The standard InChI is InChI=1S/C12H17NO4/c1-8-4-5-11(17-3)9(6-8)13-10(7-16-2)12(14)15/h4-6,10,13H,7H2,1-3H3,(H,14,15). The summed E-state index contributed by atoms with van der Waals surface area (Å²) in [5.74, 6) is -0.353. The van der Waals surface area contributed by atoms with Crippen molar-refractivity contribution in [1.82, 2.24) is 0 Å². The van der Waals surface area contributed by atoms with Crippen molar-refractivity contribution in [1.29, 1.82) is 0 Å². The maximum atomic E-state index is 11.0. The van der Waals surface area contributed by atoms with E-state index in [4.69, 9.17) is 14.6 Å². The summed E-state index contributed by atoms with van der Waals surface area (Å²) in [5, 5.41) is 11.9. The van der Waals surface area contributed by atoms with Crippen molar-refractivity contribution in [3.05, 3.63) is 23.8 Å². The molecule has 0 aliphatic heterocycles. The van der Waals surface area contributed by atoms with E-state index in [1.165, 1.54) is 7.11 Å². The Labute approximate surface area is 100 Å². The summed E-state index contributed by atoms with van der Waals surface area (Å²) in [6.07, 6.45) is 0. The minimum absolute atomic E-state index is 0.0897. The molecule has 0 heterocycles. The molecule has 1 unspecified atom stereocenters. The van der Waals surface area contributed by atoms with Crippen LogP contribution in [0.2, 0.25) is 0 Å². The Bertz CT molecular complexity index is 392. The van der Waals surface area contributed by atoms with Crippen LogP contribution in [0.4, 0.5) is 5.69 Å². The molecule has 0 aromatic heterocycles. The highest BCUT2D eigenvalue weighted by Crippen LogP contribution is 2.25. The number of aliphatic carboxylic acids is 1. The zero-order chi connectivity index (χ0) is 12.8. The van der Waals surface area contributed by atoms with Crippen LogP contribution in [0.3, 0.4) is 0 Å². The van der Waals surface area contributed by atoms with Gasteiger partial charge < -0.3 is 19.9 Å². The molecule has 1 rings (SSSR count). The Morgan fingerprint density at radius 1 is 1.47 bits per heavy atom. The molecule has 0 fully saturated rings. The first-order chi connectivity index (χ1) is 8.08. The Hall–Kier alpha value is -1.75. The number of carboxylic acids is 1. The summed E-state index contributed by atoms with van der Waals surface area (Å²) in [4.78, 5) is 11.0. The number of carboxylic acid groups (broad SMARTS) is 1. The van der Waals surface area contributed by atoms with Gasteiger partial charge in [0.1, 0.15) is 11.8 Å². The smallest absolute Gasteiger partial charge is 0.328 e. The molecule has 0 aliphatic carbocycles.